The van der Waals surface area contributed by atoms with Crippen molar-refractivity contribution in [3.8, 4) is 0 Å². The van der Waals surface area contributed by atoms with Crippen LogP contribution in [0, 0.1) is 5.92 Å². The van der Waals surface area contributed by atoms with Gasteiger partial charge in [-0.1, -0.05) is 30.3 Å². The first-order chi connectivity index (χ1) is 7.88. The molecule has 1 aliphatic heterocycles. The molecule has 2 heteroatoms. The molecule has 16 heavy (non-hydrogen) atoms. The van der Waals surface area contributed by atoms with Gasteiger partial charge >= 0.3 is 0 Å². The molecule has 0 saturated carbocycles. The summed E-state index contributed by atoms with van der Waals surface area (Å²) in [6, 6.07) is 10.7. The molecule has 1 N–H and O–H groups in total. The van der Waals surface area contributed by atoms with Crippen LogP contribution in [0.3, 0.4) is 0 Å². The Morgan fingerprint density at radius 1 is 1.25 bits per heavy atom. The molecule has 0 aromatic heterocycles. The predicted octanol–water partition coefficient (Wildman–Crippen LogP) is 2.24. The topological polar surface area (TPSA) is 21.3 Å². The van der Waals surface area contributed by atoms with Gasteiger partial charge in [0.2, 0.25) is 0 Å². The SMILES string of the molecule is CCO[C@H]1CNC[C@@H](Cc2ccccc2)C1. The number of benzene rings is 1. The van der Waals surface area contributed by atoms with Crippen LogP contribution >= 0.6 is 0 Å². The van der Waals surface area contributed by atoms with Crippen LogP contribution in [0.4, 0.5) is 0 Å². The van der Waals surface area contributed by atoms with E-state index in [9.17, 15) is 0 Å². The monoisotopic (exact) mass is 219 g/mol. The van der Waals surface area contributed by atoms with Gasteiger partial charge in [-0.3, -0.25) is 0 Å². The highest BCUT2D eigenvalue weighted by Crippen LogP contribution is 2.18. The maximum atomic E-state index is 5.69. The van der Waals surface area contributed by atoms with E-state index in [1.54, 1.807) is 0 Å². The van der Waals surface area contributed by atoms with Crippen molar-refractivity contribution >= 4 is 0 Å². The van der Waals surface area contributed by atoms with Crippen molar-refractivity contribution in [3.05, 3.63) is 35.9 Å². The molecule has 1 saturated heterocycles. The third-order valence-electron chi connectivity index (χ3n) is 3.17. The summed E-state index contributed by atoms with van der Waals surface area (Å²) in [6.07, 6.45) is 2.76. The number of hydrogen-bond donors (Lipinski definition) is 1. The minimum Gasteiger partial charge on any atom is -0.377 e. The van der Waals surface area contributed by atoms with Crippen LogP contribution in [0.5, 0.6) is 0 Å². The zero-order valence-corrected chi connectivity index (χ0v) is 9.99. The molecular formula is C14H21NO. The van der Waals surface area contributed by atoms with E-state index >= 15 is 0 Å². The van der Waals surface area contributed by atoms with Crippen molar-refractivity contribution in [2.24, 2.45) is 5.92 Å². The van der Waals surface area contributed by atoms with Crippen LogP contribution in [0.1, 0.15) is 18.9 Å². The molecule has 0 spiro atoms. The van der Waals surface area contributed by atoms with Crippen molar-refractivity contribution < 1.29 is 4.74 Å². The highest BCUT2D eigenvalue weighted by atomic mass is 16.5. The Labute approximate surface area is 98.0 Å². The number of rotatable bonds is 4. The Hall–Kier alpha value is -0.860. The van der Waals surface area contributed by atoms with Crippen LogP contribution in [0.15, 0.2) is 30.3 Å². The van der Waals surface area contributed by atoms with E-state index in [4.69, 9.17) is 4.74 Å². The Bertz CT molecular complexity index is 297. The lowest BCUT2D eigenvalue weighted by atomic mass is 9.91. The molecule has 1 aromatic carbocycles. The second-order valence-electron chi connectivity index (χ2n) is 4.53. The molecule has 0 unspecified atom stereocenters. The third kappa shape index (κ3) is 3.32. The van der Waals surface area contributed by atoms with E-state index in [0.717, 1.165) is 26.1 Å². The molecular weight excluding hydrogens is 198 g/mol. The summed E-state index contributed by atoms with van der Waals surface area (Å²) in [6.45, 7) is 5.03. The summed E-state index contributed by atoms with van der Waals surface area (Å²) in [4.78, 5) is 0. The largest absolute Gasteiger partial charge is 0.377 e. The fourth-order valence-corrected chi connectivity index (χ4v) is 2.45. The van der Waals surface area contributed by atoms with E-state index in [-0.39, 0.29) is 0 Å². The molecule has 0 radical (unpaired) electrons. The first kappa shape index (κ1) is 11.6. The Morgan fingerprint density at radius 3 is 2.81 bits per heavy atom. The summed E-state index contributed by atoms with van der Waals surface area (Å²) in [5, 5.41) is 3.46. The number of hydrogen-bond acceptors (Lipinski definition) is 2. The lowest BCUT2D eigenvalue weighted by molar-refractivity contribution is 0.0302. The van der Waals surface area contributed by atoms with Gasteiger partial charge in [0.15, 0.2) is 0 Å². The zero-order chi connectivity index (χ0) is 11.2. The second kappa shape index (κ2) is 6.02. The maximum Gasteiger partial charge on any atom is 0.0702 e. The van der Waals surface area contributed by atoms with Crippen LogP contribution in [0.2, 0.25) is 0 Å². The van der Waals surface area contributed by atoms with Crippen molar-refractivity contribution in [2.75, 3.05) is 19.7 Å². The zero-order valence-electron chi connectivity index (χ0n) is 9.99. The fraction of sp³-hybridized carbons (Fsp3) is 0.571. The molecule has 2 rings (SSSR count). The van der Waals surface area contributed by atoms with Crippen LogP contribution in [-0.4, -0.2) is 25.8 Å². The fourth-order valence-electron chi connectivity index (χ4n) is 2.45. The van der Waals surface area contributed by atoms with E-state index in [2.05, 4.69) is 42.6 Å². The predicted molar refractivity (Wildman–Crippen MR) is 66.5 cm³/mol. The van der Waals surface area contributed by atoms with Gasteiger partial charge in [-0.25, -0.2) is 0 Å². The van der Waals surface area contributed by atoms with Crippen LogP contribution < -0.4 is 5.32 Å². The quantitative estimate of drug-likeness (QED) is 0.838. The molecule has 1 fully saturated rings. The van der Waals surface area contributed by atoms with Gasteiger partial charge in [0.25, 0.3) is 0 Å². The van der Waals surface area contributed by atoms with Gasteiger partial charge in [0.1, 0.15) is 0 Å². The Morgan fingerprint density at radius 2 is 2.06 bits per heavy atom. The highest BCUT2D eigenvalue weighted by Gasteiger charge is 2.21. The summed E-state index contributed by atoms with van der Waals surface area (Å²) in [5.41, 5.74) is 1.44. The van der Waals surface area contributed by atoms with Gasteiger partial charge < -0.3 is 10.1 Å². The molecule has 88 valence electrons. The summed E-state index contributed by atoms with van der Waals surface area (Å²) in [7, 11) is 0. The molecule has 0 bridgehead atoms. The van der Waals surface area contributed by atoms with Gasteiger partial charge in [0.05, 0.1) is 6.10 Å². The van der Waals surface area contributed by atoms with E-state index in [0.29, 0.717) is 12.0 Å². The van der Waals surface area contributed by atoms with Gasteiger partial charge in [-0.05, 0) is 37.8 Å². The van der Waals surface area contributed by atoms with Crippen molar-refractivity contribution in [1.82, 2.24) is 5.32 Å². The Balaban J connectivity index is 1.85. The van der Waals surface area contributed by atoms with Crippen molar-refractivity contribution in [2.45, 2.75) is 25.9 Å². The van der Waals surface area contributed by atoms with E-state index in [1.165, 1.54) is 12.0 Å². The number of nitrogens with one attached hydrogen (secondary N) is 1. The molecule has 0 aliphatic carbocycles. The minimum atomic E-state index is 0.410. The van der Waals surface area contributed by atoms with Crippen molar-refractivity contribution in [1.29, 1.82) is 0 Å². The molecule has 0 amide bonds. The first-order valence-electron chi connectivity index (χ1n) is 6.24. The smallest absolute Gasteiger partial charge is 0.0702 e. The molecule has 1 aromatic rings. The highest BCUT2D eigenvalue weighted by molar-refractivity contribution is 5.15. The summed E-state index contributed by atoms with van der Waals surface area (Å²) >= 11 is 0. The van der Waals surface area contributed by atoms with E-state index < -0.39 is 0 Å². The first-order valence-corrected chi connectivity index (χ1v) is 6.24. The maximum absolute atomic E-state index is 5.69. The lowest BCUT2D eigenvalue weighted by Gasteiger charge is -2.29. The van der Waals surface area contributed by atoms with Gasteiger partial charge in [0, 0.05) is 13.2 Å². The molecule has 2 nitrogen and oxygen atoms in total. The van der Waals surface area contributed by atoms with Crippen molar-refractivity contribution in [3.63, 3.8) is 0 Å². The standard InChI is InChI=1S/C14H21NO/c1-2-16-14-9-13(10-15-11-14)8-12-6-4-3-5-7-12/h3-7,13-15H,2,8-11H2,1H3/t13-,14+/m0/s1. The minimum absolute atomic E-state index is 0.410. The normalized spacial score (nSPS) is 25.6. The lowest BCUT2D eigenvalue weighted by Crippen LogP contribution is -2.41. The second-order valence-corrected chi connectivity index (χ2v) is 4.53. The number of ether oxygens (including phenoxy) is 1. The van der Waals surface area contributed by atoms with Gasteiger partial charge in [-0.2, -0.15) is 0 Å². The van der Waals surface area contributed by atoms with E-state index in [1.807, 2.05) is 0 Å². The van der Waals surface area contributed by atoms with Crippen LogP contribution in [0.25, 0.3) is 0 Å². The molecule has 1 aliphatic rings. The summed E-state index contributed by atoms with van der Waals surface area (Å²) in [5.74, 6) is 0.715. The molecule has 2 atom stereocenters. The van der Waals surface area contributed by atoms with Gasteiger partial charge in [-0.15, -0.1) is 0 Å². The average molecular weight is 219 g/mol. The summed E-state index contributed by atoms with van der Waals surface area (Å²) < 4.78 is 5.69. The molecule has 1 heterocycles. The number of piperidine rings is 1. The Kier molecular flexibility index (Phi) is 4.37. The van der Waals surface area contributed by atoms with Crippen LogP contribution in [-0.2, 0) is 11.2 Å². The average Bonchev–Trinajstić information content (AvgIpc) is 2.31. The third-order valence-corrected chi connectivity index (χ3v) is 3.17.